The third kappa shape index (κ3) is 3.22. The maximum atomic E-state index is 9.36. The van der Waals surface area contributed by atoms with Crippen molar-refractivity contribution in [3.05, 3.63) is 66.4 Å². The zero-order valence-corrected chi connectivity index (χ0v) is 11.8. The largest absolute Gasteiger partial charge is 0.508 e. The van der Waals surface area contributed by atoms with Gasteiger partial charge in [0, 0.05) is 11.5 Å². The van der Waals surface area contributed by atoms with Crippen molar-refractivity contribution in [3.63, 3.8) is 0 Å². The van der Waals surface area contributed by atoms with E-state index in [-0.39, 0.29) is 19.2 Å². The summed E-state index contributed by atoms with van der Waals surface area (Å²) < 4.78 is 5.60. The maximum Gasteiger partial charge on any atom is 0.130 e. The lowest BCUT2D eigenvalue weighted by molar-refractivity contribution is 0.300. The average molecular weight is 285 g/mol. The summed E-state index contributed by atoms with van der Waals surface area (Å²) >= 11 is 0. The first-order chi connectivity index (χ1) is 9.31. The van der Waals surface area contributed by atoms with Crippen molar-refractivity contribution in [3.8, 4) is 11.5 Å². The van der Waals surface area contributed by atoms with E-state index in [1.165, 1.54) is 0 Å². The third-order valence-corrected chi connectivity index (χ3v) is 2.86. The summed E-state index contributed by atoms with van der Waals surface area (Å²) in [6.07, 6.45) is 0. The SMILES string of the molecule is Oc1cccc(OCc2ccc3ccccc3n2)c1.S. The molecule has 0 radical (unpaired) electrons. The fourth-order valence-corrected chi connectivity index (χ4v) is 1.92. The Hall–Kier alpha value is -2.20. The van der Waals surface area contributed by atoms with Crippen molar-refractivity contribution in [2.75, 3.05) is 0 Å². The number of pyridine rings is 1. The normalized spacial score (nSPS) is 10.0. The minimum atomic E-state index is 0. The summed E-state index contributed by atoms with van der Waals surface area (Å²) in [7, 11) is 0. The van der Waals surface area contributed by atoms with Gasteiger partial charge in [0.1, 0.15) is 18.1 Å². The number of rotatable bonds is 3. The number of phenolic OH excluding ortho intramolecular Hbond substituents is 1. The molecule has 0 unspecified atom stereocenters. The molecular weight excluding hydrogens is 270 g/mol. The Kier molecular flexibility index (Phi) is 4.48. The highest BCUT2D eigenvalue weighted by Gasteiger charge is 2.00. The van der Waals surface area contributed by atoms with Crippen LogP contribution in [0.4, 0.5) is 0 Å². The zero-order chi connectivity index (χ0) is 13.1. The molecule has 1 heterocycles. The van der Waals surface area contributed by atoms with Gasteiger partial charge in [-0.2, -0.15) is 13.5 Å². The number of hydrogen-bond acceptors (Lipinski definition) is 3. The molecule has 102 valence electrons. The van der Waals surface area contributed by atoms with Gasteiger partial charge in [-0.3, -0.25) is 0 Å². The van der Waals surface area contributed by atoms with Gasteiger partial charge in [-0.15, -0.1) is 0 Å². The number of ether oxygens (including phenoxy) is 1. The van der Waals surface area contributed by atoms with Gasteiger partial charge in [0.2, 0.25) is 0 Å². The lowest BCUT2D eigenvalue weighted by atomic mass is 10.2. The first-order valence-corrected chi connectivity index (χ1v) is 6.08. The van der Waals surface area contributed by atoms with Crippen LogP contribution >= 0.6 is 13.5 Å². The molecule has 0 fully saturated rings. The second-order valence-electron chi connectivity index (χ2n) is 4.28. The summed E-state index contributed by atoms with van der Waals surface area (Å²) in [5, 5.41) is 10.5. The van der Waals surface area contributed by atoms with Crippen LogP contribution < -0.4 is 4.74 Å². The minimum absolute atomic E-state index is 0. The third-order valence-electron chi connectivity index (χ3n) is 2.86. The van der Waals surface area contributed by atoms with E-state index in [4.69, 9.17) is 4.74 Å². The lowest BCUT2D eigenvalue weighted by Crippen LogP contribution is -1.98. The predicted octanol–water partition coefficient (Wildman–Crippen LogP) is 3.63. The van der Waals surface area contributed by atoms with Crippen LogP contribution in [-0.2, 0) is 6.61 Å². The van der Waals surface area contributed by atoms with Gasteiger partial charge in [-0.25, -0.2) is 4.98 Å². The fourth-order valence-electron chi connectivity index (χ4n) is 1.92. The van der Waals surface area contributed by atoms with E-state index in [0.717, 1.165) is 16.6 Å². The monoisotopic (exact) mass is 285 g/mol. The fraction of sp³-hybridized carbons (Fsp3) is 0.0625. The van der Waals surface area contributed by atoms with E-state index in [9.17, 15) is 5.11 Å². The molecule has 1 aromatic heterocycles. The van der Waals surface area contributed by atoms with Gasteiger partial charge >= 0.3 is 0 Å². The smallest absolute Gasteiger partial charge is 0.130 e. The molecule has 3 nitrogen and oxygen atoms in total. The Morgan fingerprint density at radius 2 is 1.80 bits per heavy atom. The first-order valence-electron chi connectivity index (χ1n) is 6.08. The quantitative estimate of drug-likeness (QED) is 0.799. The van der Waals surface area contributed by atoms with Crippen molar-refractivity contribution < 1.29 is 9.84 Å². The molecular formula is C16H15NO2S. The molecule has 3 aromatic rings. The number of hydrogen-bond donors (Lipinski definition) is 1. The van der Waals surface area contributed by atoms with E-state index in [1.54, 1.807) is 24.3 Å². The number of nitrogens with zero attached hydrogens (tertiary/aromatic N) is 1. The Morgan fingerprint density at radius 1 is 0.950 bits per heavy atom. The van der Waals surface area contributed by atoms with Crippen LogP contribution in [0.25, 0.3) is 10.9 Å². The summed E-state index contributed by atoms with van der Waals surface area (Å²) in [6.45, 7) is 0.383. The second-order valence-corrected chi connectivity index (χ2v) is 4.28. The van der Waals surface area contributed by atoms with E-state index < -0.39 is 0 Å². The molecule has 0 aliphatic heterocycles. The standard InChI is InChI=1S/C16H13NO2.H2S/c18-14-5-3-6-15(10-14)19-11-13-9-8-12-4-1-2-7-16(12)17-13;/h1-10,18H,11H2;1H2. The number of benzene rings is 2. The number of phenols is 1. The molecule has 0 spiro atoms. The van der Waals surface area contributed by atoms with E-state index in [0.29, 0.717) is 12.4 Å². The molecule has 0 aliphatic rings. The molecule has 3 rings (SSSR count). The van der Waals surface area contributed by atoms with Crippen LogP contribution in [0.2, 0.25) is 0 Å². The molecule has 2 aromatic carbocycles. The molecule has 0 atom stereocenters. The Labute approximate surface area is 124 Å². The van der Waals surface area contributed by atoms with E-state index in [2.05, 4.69) is 4.98 Å². The molecule has 0 saturated carbocycles. The van der Waals surface area contributed by atoms with Crippen LogP contribution in [0, 0.1) is 0 Å². The summed E-state index contributed by atoms with van der Waals surface area (Å²) in [5.41, 5.74) is 1.82. The van der Waals surface area contributed by atoms with Crippen molar-refractivity contribution in [2.45, 2.75) is 6.61 Å². The number of aromatic nitrogens is 1. The highest BCUT2D eigenvalue weighted by Crippen LogP contribution is 2.19. The maximum absolute atomic E-state index is 9.36. The molecule has 1 N–H and O–H groups in total. The molecule has 0 aliphatic carbocycles. The van der Waals surface area contributed by atoms with Crippen molar-refractivity contribution in [1.82, 2.24) is 4.98 Å². The Balaban J connectivity index is 0.00000147. The summed E-state index contributed by atoms with van der Waals surface area (Å²) in [5.74, 6) is 0.832. The van der Waals surface area contributed by atoms with Crippen LogP contribution in [0.3, 0.4) is 0 Å². The number of para-hydroxylation sites is 1. The van der Waals surface area contributed by atoms with Crippen molar-refractivity contribution in [2.24, 2.45) is 0 Å². The van der Waals surface area contributed by atoms with Crippen LogP contribution in [-0.4, -0.2) is 10.1 Å². The van der Waals surface area contributed by atoms with Gasteiger partial charge in [0.05, 0.1) is 11.2 Å². The average Bonchev–Trinajstić information content (AvgIpc) is 2.45. The Bertz CT molecular complexity index is 715. The molecule has 0 saturated heterocycles. The summed E-state index contributed by atoms with van der Waals surface area (Å²) in [6, 6.07) is 18.7. The van der Waals surface area contributed by atoms with Crippen molar-refractivity contribution >= 4 is 24.4 Å². The van der Waals surface area contributed by atoms with Gasteiger partial charge in [0.25, 0.3) is 0 Å². The van der Waals surface area contributed by atoms with Gasteiger partial charge in [-0.05, 0) is 24.3 Å². The van der Waals surface area contributed by atoms with Gasteiger partial charge < -0.3 is 9.84 Å². The van der Waals surface area contributed by atoms with Gasteiger partial charge in [0.15, 0.2) is 0 Å². The second kappa shape index (κ2) is 6.30. The molecule has 4 heteroatoms. The first kappa shape index (κ1) is 14.2. The zero-order valence-electron chi connectivity index (χ0n) is 10.8. The van der Waals surface area contributed by atoms with Crippen LogP contribution in [0.1, 0.15) is 5.69 Å². The molecule has 0 amide bonds. The summed E-state index contributed by atoms with van der Waals surface area (Å²) in [4.78, 5) is 4.53. The van der Waals surface area contributed by atoms with Gasteiger partial charge in [-0.1, -0.05) is 30.3 Å². The molecule has 20 heavy (non-hydrogen) atoms. The van der Waals surface area contributed by atoms with Crippen molar-refractivity contribution in [1.29, 1.82) is 0 Å². The topological polar surface area (TPSA) is 42.4 Å². The van der Waals surface area contributed by atoms with Crippen LogP contribution in [0.5, 0.6) is 11.5 Å². The highest BCUT2D eigenvalue weighted by molar-refractivity contribution is 7.59. The predicted molar refractivity (Wildman–Crippen MR) is 84.6 cm³/mol. The highest BCUT2D eigenvalue weighted by atomic mass is 32.1. The van der Waals surface area contributed by atoms with E-state index in [1.807, 2.05) is 36.4 Å². The lowest BCUT2D eigenvalue weighted by Gasteiger charge is -2.06. The number of fused-ring (bicyclic) bond motifs is 1. The van der Waals surface area contributed by atoms with Crippen LogP contribution in [0.15, 0.2) is 60.7 Å². The molecule has 0 bridgehead atoms. The minimum Gasteiger partial charge on any atom is -0.508 e. The number of aromatic hydroxyl groups is 1. The van der Waals surface area contributed by atoms with E-state index >= 15 is 0 Å². The Morgan fingerprint density at radius 3 is 2.65 bits per heavy atom.